The van der Waals surface area contributed by atoms with Crippen molar-refractivity contribution in [1.82, 2.24) is 15.2 Å². The van der Waals surface area contributed by atoms with Gasteiger partial charge in [-0.3, -0.25) is 14.5 Å². The number of ether oxygens (including phenoxy) is 2. The lowest BCUT2D eigenvalue weighted by Crippen LogP contribution is -2.52. The van der Waals surface area contributed by atoms with Gasteiger partial charge in [0, 0.05) is 12.3 Å². The summed E-state index contributed by atoms with van der Waals surface area (Å²) >= 11 is 0. The maximum Gasteiger partial charge on any atom is 0.268 e. The normalized spacial score (nSPS) is 25.3. The first-order chi connectivity index (χ1) is 11.2. The zero-order valence-electron chi connectivity index (χ0n) is 13.3. The highest BCUT2D eigenvalue weighted by Crippen LogP contribution is 2.19. The van der Waals surface area contributed by atoms with E-state index >= 15 is 0 Å². The number of carbonyl (C=O) groups excluding carboxylic acids is 1. The van der Waals surface area contributed by atoms with E-state index < -0.39 is 0 Å². The van der Waals surface area contributed by atoms with Crippen LogP contribution in [-0.2, 0) is 4.74 Å². The molecule has 1 aromatic rings. The standard InChI is InChI=1S/C16H23N3O4/c1-22-15-8-17-11(7-14(15)20)16(21)18-12-9-23-10-13(12)19-5-3-2-4-6-19/h7-8,12-13H,2-6,9-10H2,1H3,(H,17,20)(H,18,21)/t12-,13-/m0/s1. The van der Waals surface area contributed by atoms with Crippen molar-refractivity contribution in [3.8, 4) is 5.75 Å². The molecule has 3 heterocycles. The predicted molar refractivity (Wildman–Crippen MR) is 84.9 cm³/mol. The highest BCUT2D eigenvalue weighted by Gasteiger charge is 2.34. The van der Waals surface area contributed by atoms with Gasteiger partial charge in [0.2, 0.25) is 5.43 Å². The van der Waals surface area contributed by atoms with Gasteiger partial charge >= 0.3 is 0 Å². The Bertz CT molecular complexity index is 610. The van der Waals surface area contributed by atoms with Gasteiger partial charge in [-0.25, -0.2) is 0 Å². The molecule has 1 aromatic heterocycles. The van der Waals surface area contributed by atoms with Gasteiger partial charge in [-0.1, -0.05) is 6.42 Å². The quantitative estimate of drug-likeness (QED) is 0.837. The molecule has 2 fully saturated rings. The summed E-state index contributed by atoms with van der Waals surface area (Å²) < 4.78 is 10.5. The van der Waals surface area contributed by atoms with Gasteiger partial charge in [0.1, 0.15) is 5.69 Å². The van der Waals surface area contributed by atoms with E-state index in [1.165, 1.54) is 38.6 Å². The number of hydrogen-bond donors (Lipinski definition) is 2. The summed E-state index contributed by atoms with van der Waals surface area (Å²) in [5.74, 6) is -0.0980. The average molecular weight is 321 g/mol. The molecule has 2 aliphatic rings. The number of amides is 1. The summed E-state index contributed by atoms with van der Waals surface area (Å²) in [6.45, 7) is 3.26. The predicted octanol–water partition coefficient (Wildman–Crippen LogP) is 0.367. The van der Waals surface area contributed by atoms with Crippen LogP contribution in [0.2, 0.25) is 0 Å². The average Bonchev–Trinajstić information content (AvgIpc) is 3.03. The van der Waals surface area contributed by atoms with E-state index in [-0.39, 0.29) is 34.9 Å². The first-order valence-electron chi connectivity index (χ1n) is 8.08. The molecule has 0 bridgehead atoms. The molecule has 7 heteroatoms. The van der Waals surface area contributed by atoms with E-state index in [1.807, 2.05) is 0 Å². The lowest BCUT2D eigenvalue weighted by molar-refractivity contribution is 0.0895. The maximum absolute atomic E-state index is 12.4. The molecule has 0 spiro atoms. The maximum atomic E-state index is 12.4. The van der Waals surface area contributed by atoms with Crippen LogP contribution in [0, 0.1) is 0 Å². The summed E-state index contributed by atoms with van der Waals surface area (Å²) in [7, 11) is 1.42. The first kappa shape index (κ1) is 16.0. The van der Waals surface area contributed by atoms with Gasteiger partial charge in [0.25, 0.3) is 5.91 Å². The van der Waals surface area contributed by atoms with E-state index in [4.69, 9.17) is 9.47 Å². The van der Waals surface area contributed by atoms with Crippen molar-refractivity contribution in [3.63, 3.8) is 0 Å². The number of H-pyrrole nitrogens is 1. The zero-order valence-corrected chi connectivity index (χ0v) is 13.3. The van der Waals surface area contributed by atoms with Crippen LogP contribution >= 0.6 is 0 Å². The molecule has 2 aliphatic heterocycles. The number of piperidine rings is 1. The molecule has 2 atom stereocenters. The van der Waals surface area contributed by atoms with E-state index in [2.05, 4.69) is 15.2 Å². The number of aromatic amines is 1. The monoisotopic (exact) mass is 321 g/mol. The van der Waals surface area contributed by atoms with Crippen LogP contribution in [-0.4, -0.2) is 61.3 Å². The third-order valence-electron chi connectivity index (χ3n) is 4.57. The summed E-state index contributed by atoms with van der Waals surface area (Å²) in [4.78, 5) is 29.4. The van der Waals surface area contributed by atoms with E-state index in [0.29, 0.717) is 13.2 Å². The van der Waals surface area contributed by atoms with Crippen LogP contribution in [0.5, 0.6) is 5.75 Å². The van der Waals surface area contributed by atoms with Crippen molar-refractivity contribution in [2.75, 3.05) is 33.4 Å². The molecule has 3 rings (SSSR count). The number of aromatic nitrogens is 1. The molecular formula is C16H23N3O4. The van der Waals surface area contributed by atoms with Crippen LogP contribution in [0.4, 0.5) is 0 Å². The number of methoxy groups -OCH3 is 1. The van der Waals surface area contributed by atoms with Crippen LogP contribution in [0.25, 0.3) is 0 Å². The molecule has 1 amide bonds. The Morgan fingerprint density at radius 2 is 2.13 bits per heavy atom. The topological polar surface area (TPSA) is 83.7 Å². The highest BCUT2D eigenvalue weighted by molar-refractivity contribution is 5.92. The van der Waals surface area contributed by atoms with Gasteiger partial charge in [-0.15, -0.1) is 0 Å². The minimum atomic E-state index is -0.313. The minimum Gasteiger partial charge on any atom is -0.491 e. The number of carbonyl (C=O) groups is 1. The molecule has 23 heavy (non-hydrogen) atoms. The second kappa shape index (κ2) is 7.14. The lowest BCUT2D eigenvalue weighted by atomic mass is 10.0. The summed E-state index contributed by atoms with van der Waals surface area (Å²) in [5, 5.41) is 2.99. The third kappa shape index (κ3) is 3.56. The molecule has 0 unspecified atom stereocenters. The fraction of sp³-hybridized carbons (Fsp3) is 0.625. The SMILES string of the molecule is COc1c[nH]c(C(=O)N[C@H]2COC[C@@H]2N2CCCCC2)cc1=O. The first-order valence-corrected chi connectivity index (χ1v) is 8.08. The molecule has 7 nitrogen and oxygen atoms in total. The molecule has 2 N–H and O–H groups in total. The highest BCUT2D eigenvalue weighted by atomic mass is 16.5. The number of likely N-dealkylation sites (tertiary alicyclic amines) is 1. The number of pyridine rings is 1. The fourth-order valence-corrected chi connectivity index (χ4v) is 3.29. The van der Waals surface area contributed by atoms with Crippen molar-refractivity contribution in [1.29, 1.82) is 0 Å². The van der Waals surface area contributed by atoms with E-state index in [0.717, 1.165) is 13.1 Å². The fourth-order valence-electron chi connectivity index (χ4n) is 3.29. The van der Waals surface area contributed by atoms with E-state index in [1.54, 1.807) is 0 Å². The second-order valence-electron chi connectivity index (χ2n) is 6.06. The number of nitrogens with one attached hydrogen (secondary N) is 2. The van der Waals surface area contributed by atoms with Crippen molar-refractivity contribution in [2.45, 2.75) is 31.3 Å². The van der Waals surface area contributed by atoms with E-state index in [9.17, 15) is 9.59 Å². The Morgan fingerprint density at radius 1 is 1.35 bits per heavy atom. The van der Waals surface area contributed by atoms with Crippen molar-refractivity contribution < 1.29 is 14.3 Å². The van der Waals surface area contributed by atoms with Gasteiger partial charge < -0.3 is 19.8 Å². The van der Waals surface area contributed by atoms with Crippen LogP contribution in [0.1, 0.15) is 29.8 Å². The summed E-state index contributed by atoms with van der Waals surface area (Å²) in [5.41, 5.74) is -0.0771. The lowest BCUT2D eigenvalue weighted by Gasteiger charge is -2.34. The van der Waals surface area contributed by atoms with Crippen molar-refractivity contribution >= 4 is 5.91 Å². The van der Waals surface area contributed by atoms with Crippen molar-refractivity contribution in [2.24, 2.45) is 0 Å². The van der Waals surface area contributed by atoms with Crippen LogP contribution in [0.3, 0.4) is 0 Å². The molecule has 0 radical (unpaired) electrons. The number of nitrogens with zero attached hydrogens (tertiary/aromatic N) is 1. The molecule has 0 saturated carbocycles. The van der Waals surface area contributed by atoms with Gasteiger partial charge in [0.15, 0.2) is 5.75 Å². The third-order valence-corrected chi connectivity index (χ3v) is 4.57. The minimum absolute atomic E-state index is 0.0498. The second-order valence-corrected chi connectivity index (χ2v) is 6.06. The van der Waals surface area contributed by atoms with Crippen LogP contribution in [0.15, 0.2) is 17.1 Å². The Morgan fingerprint density at radius 3 is 2.83 bits per heavy atom. The summed E-state index contributed by atoms with van der Waals surface area (Å²) in [6.07, 6.45) is 5.07. The molecule has 0 aromatic carbocycles. The van der Waals surface area contributed by atoms with Gasteiger partial charge in [-0.2, -0.15) is 0 Å². The van der Waals surface area contributed by atoms with Crippen LogP contribution < -0.4 is 15.5 Å². The largest absolute Gasteiger partial charge is 0.491 e. The Labute approximate surface area is 135 Å². The van der Waals surface area contributed by atoms with Crippen molar-refractivity contribution in [3.05, 3.63) is 28.2 Å². The Balaban J connectivity index is 1.66. The smallest absolute Gasteiger partial charge is 0.268 e. The molecular weight excluding hydrogens is 298 g/mol. The summed E-state index contributed by atoms with van der Waals surface area (Å²) in [6, 6.07) is 1.43. The molecule has 0 aliphatic carbocycles. The molecule has 2 saturated heterocycles. The number of hydrogen-bond acceptors (Lipinski definition) is 5. The van der Waals surface area contributed by atoms with Gasteiger partial charge in [-0.05, 0) is 25.9 Å². The molecule has 126 valence electrons. The Hall–Kier alpha value is -1.86. The number of rotatable bonds is 4. The zero-order chi connectivity index (χ0) is 16.2. The Kier molecular flexibility index (Phi) is 4.97. The van der Waals surface area contributed by atoms with Gasteiger partial charge in [0.05, 0.1) is 32.4 Å².